The number of hydrogen-bond donors (Lipinski definition) is 1. The van der Waals surface area contributed by atoms with Gasteiger partial charge in [0.15, 0.2) is 0 Å². The summed E-state index contributed by atoms with van der Waals surface area (Å²) in [7, 11) is 0. The van der Waals surface area contributed by atoms with Crippen molar-refractivity contribution in [3.63, 3.8) is 0 Å². The third-order valence-corrected chi connectivity index (χ3v) is 2.55. The van der Waals surface area contributed by atoms with Gasteiger partial charge in [0.25, 0.3) is 5.91 Å². The monoisotopic (exact) mass is 181 g/mol. The highest BCUT2D eigenvalue weighted by Gasteiger charge is 2.21. The van der Waals surface area contributed by atoms with E-state index in [0.29, 0.717) is 12.1 Å². The van der Waals surface area contributed by atoms with Crippen LogP contribution in [0.5, 0.6) is 0 Å². The number of aliphatic imine (C=N–C) groups is 1. The minimum absolute atomic E-state index is 0.420. The van der Waals surface area contributed by atoms with Crippen LogP contribution in [0.3, 0.4) is 0 Å². The van der Waals surface area contributed by atoms with Crippen LogP contribution < -0.4 is 5.73 Å². The number of carbonyl (C=O) groups excluding carboxylic acids is 1. The van der Waals surface area contributed by atoms with Crippen molar-refractivity contribution in [2.24, 2.45) is 10.7 Å². The Labute approximate surface area is 73.1 Å². The highest BCUT2D eigenvalue weighted by Crippen LogP contribution is 2.32. The first-order valence-corrected chi connectivity index (χ1v) is 4.32. The molecule has 0 atom stereocenters. The Bertz CT molecular complexity index is 380. The molecule has 1 aliphatic heterocycles. The normalized spacial score (nSPS) is 14.2. The van der Waals surface area contributed by atoms with Crippen molar-refractivity contribution >= 4 is 28.0 Å². The average Bonchev–Trinajstić information content (AvgIpc) is 2.42. The van der Waals surface area contributed by atoms with Crippen molar-refractivity contribution in [1.82, 2.24) is 4.98 Å². The van der Waals surface area contributed by atoms with E-state index in [4.69, 9.17) is 5.73 Å². The molecule has 0 bridgehead atoms. The second-order valence-corrected chi connectivity index (χ2v) is 3.77. The van der Waals surface area contributed by atoms with E-state index in [-0.39, 0.29) is 0 Å². The molecular formula is C7H7N3OS. The number of amides is 1. The summed E-state index contributed by atoms with van der Waals surface area (Å²) in [6, 6.07) is 0. The number of nitrogens with two attached hydrogens (primary N) is 1. The second kappa shape index (κ2) is 2.38. The van der Waals surface area contributed by atoms with E-state index in [1.165, 1.54) is 11.3 Å². The fourth-order valence-electron chi connectivity index (χ4n) is 1.12. The van der Waals surface area contributed by atoms with Gasteiger partial charge in [-0.15, -0.1) is 0 Å². The maximum atomic E-state index is 10.7. The zero-order chi connectivity index (χ0) is 8.72. The van der Waals surface area contributed by atoms with Crippen LogP contribution in [0.4, 0.5) is 5.00 Å². The lowest BCUT2D eigenvalue weighted by Crippen LogP contribution is -2.23. The van der Waals surface area contributed by atoms with Gasteiger partial charge in [0, 0.05) is 6.42 Å². The molecule has 0 fully saturated rings. The second-order valence-electron chi connectivity index (χ2n) is 2.58. The van der Waals surface area contributed by atoms with Crippen LogP contribution in [0.15, 0.2) is 4.99 Å². The number of carbonyl (C=O) groups is 1. The molecule has 1 aromatic rings. The standard InChI is InChI=1S/C7H7N3OS/c1-3-9-5-2-4(6(8)11)10-7(5)12-3/h2H2,1H3,(H2,8,11). The van der Waals surface area contributed by atoms with Gasteiger partial charge in [0.1, 0.15) is 10.7 Å². The van der Waals surface area contributed by atoms with E-state index in [2.05, 4.69) is 9.98 Å². The highest BCUT2D eigenvalue weighted by atomic mass is 32.1. The van der Waals surface area contributed by atoms with Gasteiger partial charge in [-0.2, -0.15) is 0 Å². The topological polar surface area (TPSA) is 68.3 Å². The third-order valence-electron chi connectivity index (χ3n) is 1.64. The Morgan fingerprint density at radius 1 is 1.67 bits per heavy atom. The van der Waals surface area contributed by atoms with Crippen molar-refractivity contribution in [3.05, 3.63) is 10.7 Å². The molecule has 2 N–H and O–H groups in total. The summed E-state index contributed by atoms with van der Waals surface area (Å²) in [4.78, 5) is 19.0. The van der Waals surface area contributed by atoms with E-state index in [0.717, 1.165) is 15.7 Å². The van der Waals surface area contributed by atoms with Gasteiger partial charge in [-0.05, 0) is 6.92 Å². The quantitative estimate of drug-likeness (QED) is 0.688. The van der Waals surface area contributed by atoms with E-state index < -0.39 is 5.91 Å². The molecule has 0 unspecified atom stereocenters. The van der Waals surface area contributed by atoms with Crippen molar-refractivity contribution in [2.75, 3.05) is 0 Å². The molecule has 2 heterocycles. The molecule has 0 spiro atoms. The largest absolute Gasteiger partial charge is 0.365 e. The summed E-state index contributed by atoms with van der Waals surface area (Å²) in [5.41, 5.74) is 6.38. The van der Waals surface area contributed by atoms with Crippen LogP contribution in [-0.4, -0.2) is 16.6 Å². The number of aryl methyl sites for hydroxylation is 1. The molecule has 12 heavy (non-hydrogen) atoms. The van der Waals surface area contributed by atoms with Crippen molar-refractivity contribution < 1.29 is 4.79 Å². The lowest BCUT2D eigenvalue weighted by atomic mass is 10.2. The summed E-state index contributed by atoms with van der Waals surface area (Å²) in [5.74, 6) is -0.446. The van der Waals surface area contributed by atoms with E-state index in [1.807, 2.05) is 6.92 Å². The van der Waals surface area contributed by atoms with Gasteiger partial charge in [-0.1, -0.05) is 11.3 Å². The van der Waals surface area contributed by atoms with Crippen molar-refractivity contribution in [2.45, 2.75) is 13.3 Å². The molecule has 0 radical (unpaired) electrons. The van der Waals surface area contributed by atoms with Crippen LogP contribution in [0, 0.1) is 6.92 Å². The first-order valence-electron chi connectivity index (χ1n) is 3.50. The van der Waals surface area contributed by atoms with Crippen LogP contribution in [0.2, 0.25) is 0 Å². The molecular weight excluding hydrogens is 174 g/mol. The summed E-state index contributed by atoms with van der Waals surface area (Å²) in [6.45, 7) is 1.92. The third kappa shape index (κ3) is 1.02. The van der Waals surface area contributed by atoms with Gasteiger partial charge in [0.2, 0.25) is 0 Å². The summed E-state index contributed by atoms with van der Waals surface area (Å²) in [6.07, 6.45) is 0.495. The molecule has 62 valence electrons. The van der Waals surface area contributed by atoms with Gasteiger partial charge >= 0.3 is 0 Å². The Hall–Kier alpha value is -1.23. The predicted octanol–water partition coefficient (Wildman–Crippen LogP) is 0.565. The molecule has 2 rings (SSSR count). The Balaban J connectivity index is 2.39. The highest BCUT2D eigenvalue weighted by molar-refractivity contribution is 7.15. The number of nitrogens with zero attached hydrogens (tertiary/aromatic N) is 2. The number of primary amides is 1. The number of hydrogen-bond acceptors (Lipinski definition) is 4. The van der Waals surface area contributed by atoms with Gasteiger partial charge in [-0.25, -0.2) is 9.98 Å². The molecule has 4 nitrogen and oxygen atoms in total. The minimum Gasteiger partial charge on any atom is -0.365 e. The zero-order valence-electron chi connectivity index (χ0n) is 6.50. The smallest absolute Gasteiger partial charge is 0.263 e. The van der Waals surface area contributed by atoms with Crippen molar-refractivity contribution in [1.29, 1.82) is 0 Å². The summed E-state index contributed by atoms with van der Waals surface area (Å²) >= 11 is 1.49. The van der Waals surface area contributed by atoms with Gasteiger partial charge in [-0.3, -0.25) is 4.79 Å². The summed E-state index contributed by atoms with van der Waals surface area (Å²) < 4.78 is 0. The first kappa shape index (κ1) is 7.42. The Kier molecular flexibility index (Phi) is 1.47. The average molecular weight is 181 g/mol. The lowest BCUT2D eigenvalue weighted by molar-refractivity contribution is -0.112. The fraction of sp³-hybridized carbons (Fsp3) is 0.286. The van der Waals surface area contributed by atoms with E-state index in [9.17, 15) is 4.79 Å². The predicted molar refractivity (Wildman–Crippen MR) is 46.8 cm³/mol. The Morgan fingerprint density at radius 3 is 3.00 bits per heavy atom. The molecule has 0 aliphatic carbocycles. The molecule has 0 saturated carbocycles. The zero-order valence-corrected chi connectivity index (χ0v) is 7.31. The van der Waals surface area contributed by atoms with Gasteiger partial charge < -0.3 is 5.73 Å². The van der Waals surface area contributed by atoms with Gasteiger partial charge in [0.05, 0.1) is 10.7 Å². The van der Waals surface area contributed by atoms with E-state index in [1.54, 1.807) is 0 Å². The van der Waals surface area contributed by atoms with Crippen molar-refractivity contribution in [3.8, 4) is 0 Å². The number of aromatic nitrogens is 1. The molecule has 5 heteroatoms. The fourth-order valence-corrected chi connectivity index (χ4v) is 1.95. The molecule has 1 aromatic heterocycles. The SMILES string of the molecule is Cc1nc2c(s1)N=C(C(N)=O)C2. The molecule has 1 aliphatic rings. The molecule has 0 saturated heterocycles. The minimum atomic E-state index is -0.446. The number of thiazole rings is 1. The number of rotatable bonds is 1. The summed E-state index contributed by atoms with van der Waals surface area (Å²) in [5, 5.41) is 1.81. The van der Waals surface area contributed by atoms with Crippen LogP contribution in [0.25, 0.3) is 0 Å². The Morgan fingerprint density at radius 2 is 2.42 bits per heavy atom. The maximum absolute atomic E-state index is 10.7. The van der Waals surface area contributed by atoms with E-state index >= 15 is 0 Å². The maximum Gasteiger partial charge on any atom is 0.263 e. The van der Waals surface area contributed by atoms with Crippen LogP contribution in [-0.2, 0) is 11.2 Å². The molecule has 1 amide bonds. The van der Waals surface area contributed by atoms with Crippen LogP contribution >= 0.6 is 11.3 Å². The number of fused-ring (bicyclic) bond motifs is 1. The lowest BCUT2D eigenvalue weighted by Gasteiger charge is -1.89. The molecule has 0 aromatic carbocycles. The van der Waals surface area contributed by atoms with Crippen LogP contribution in [0.1, 0.15) is 10.7 Å². The first-order chi connectivity index (χ1) is 5.66.